The minimum atomic E-state index is 0.551. The highest BCUT2D eigenvalue weighted by Gasteiger charge is 2.30. The van der Waals surface area contributed by atoms with Crippen LogP contribution in [0, 0.1) is 17.2 Å². The molecular weight excluding hydrogens is 262 g/mol. The SMILES string of the molecule is CCN(Cc1cc(C#N)ccc1OC)C1CCCC1CN. The van der Waals surface area contributed by atoms with Gasteiger partial charge in [0.1, 0.15) is 5.75 Å². The molecule has 0 radical (unpaired) electrons. The summed E-state index contributed by atoms with van der Waals surface area (Å²) in [6.07, 6.45) is 3.71. The van der Waals surface area contributed by atoms with Crippen LogP contribution in [0.3, 0.4) is 0 Å². The van der Waals surface area contributed by atoms with E-state index >= 15 is 0 Å². The average Bonchev–Trinajstić information content (AvgIpc) is 3.00. The van der Waals surface area contributed by atoms with Gasteiger partial charge in [0.05, 0.1) is 18.7 Å². The van der Waals surface area contributed by atoms with Crippen LogP contribution in [0.25, 0.3) is 0 Å². The Labute approximate surface area is 127 Å². The molecule has 21 heavy (non-hydrogen) atoms. The third kappa shape index (κ3) is 3.55. The van der Waals surface area contributed by atoms with E-state index in [9.17, 15) is 0 Å². The van der Waals surface area contributed by atoms with Gasteiger partial charge >= 0.3 is 0 Å². The fourth-order valence-electron chi connectivity index (χ4n) is 3.43. The number of ether oxygens (including phenoxy) is 1. The first-order valence-corrected chi connectivity index (χ1v) is 7.74. The van der Waals surface area contributed by atoms with Crippen LogP contribution in [0.1, 0.15) is 37.3 Å². The molecule has 1 aromatic rings. The van der Waals surface area contributed by atoms with E-state index in [1.165, 1.54) is 19.3 Å². The summed E-state index contributed by atoms with van der Waals surface area (Å²) < 4.78 is 5.45. The molecule has 0 amide bonds. The van der Waals surface area contributed by atoms with E-state index in [4.69, 9.17) is 15.7 Å². The molecule has 4 nitrogen and oxygen atoms in total. The number of rotatable bonds is 6. The summed E-state index contributed by atoms with van der Waals surface area (Å²) in [7, 11) is 1.68. The molecule has 1 fully saturated rings. The second kappa shape index (κ2) is 7.44. The third-order valence-corrected chi connectivity index (χ3v) is 4.58. The summed E-state index contributed by atoms with van der Waals surface area (Å²) in [6.45, 7) is 4.75. The second-order valence-electron chi connectivity index (χ2n) is 5.70. The maximum absolute atomic E-state index is 9.09. The predicted octanol–water partition coefficient (Wildman–Crippen LogP) is 2.52. The maximum atomic E-state index is 9.09. The molecular formula is C17H25N3O. The number of nitriles is 1. The van der Waals surface area contributed by atoms with Crippen LogP contribution in [0.5, 0.6) is 5.75 Å². The number of methoxy groups -OCH3 is 1. The number of hydrogen-bond donors (Lipinski definition) is 1. The molecule has 1 aliphatic rings. The van der Waals surface area contributed by atoms with Crippen LogP contribution >= 0.6 is 0 Å². The lowest BCUT2D eigenvalue weighted by Gasteiger charge is -2.32. The number of nitrogens with two attached hydrogens (primary N) is 1. The molecule has 0 spiro atoms. The Bertz CT molecular complexity index is 509. The van der Waals surface area contributed by atoms with Crippen molar-refractivity contribution >= 4 is 0 Å². The minimum absolute atomic E-state index is 0.551. The molecule has 4 heteroatoms. The van der Waals surface area contributed by atoms with E-state index in [0.717, 1.165) is 30.9 Å². The first-order valence-electron chi connectivity index (χ1n) is 7.74. The standard InChI is InChI=1S/C17H25N3O/c1-3-20(16-6-4-5-14(16)11-19)12-15-9-13(10-18)7-8-17(15)21-2/h7-9,14,16H,3-6,11-12,19H2,1-2H3. The molecule has 0 aliphatic heterocycles. The van der Waals surface area contributed by atoms with Gasteiger partial charge in [0.2, 0.25) is 0 Å². The molecule has 1 saturated carbocycles. The van der Waals surface area contributed by atoms with E-state index in [1.54, 1.807) is 13.2 Å². The molecule has 2 unspecified atom stereocenters. The number of hydrogen-bond acceptors (Lipinski definition) is 4. The van der Waals surface area contributed by atoms with E-state index in [0.29, 0.717) is 17.5 Å². The van der Waals surface area contributed by atoms with E-state index < -0.39 is 0 Å². The van der Waals surface area contributed by atoms with Gasteiger partial charge in [-0.3, -0.25) is 4.90 Å². The largest absolute Gasteiger partial charge is 0.496 e. The van der Waals surface area contributed by atoms with E-state index in [2.05, 4.69) is 17.9 Å². The third-order valence-electron chi connectivity index (χ3n) is 4.58. The molecule has 0 bridgehead atoms. The molecule has 1 aromatic carbocycles. The molecule has 2 rings (SSSR count). The lowest BCUT2D eigenvalue weighted by Crippen LogP contribution is -2.39. The Morgan fingerprint density at radius 3 is 2.86 bits per heavy atom. The van der Waals surface area contributed by atoms with Gasteiger partial charge in [-0.1, -0.05) is 13.3 Å². The quantitative estimate of drug-likeness (QED) is 0.873. The lowest BCUT2D eigenvalue weighted by atomic mass is 10.0. The van der Waals surface area contributed by atoms with Gasteiger partial charge in [0, 0.05) is 18.2 Å². The van der Waals surface area contributed by atoms with Crippen molar-refractivity contribution in [3.8, 4) is 11.8 Å². The Morgan fingerprint density at radius 1 is 1.43 bits per heavy atom. The van der Waals surface area contributed by atoms with Gasteiger partial charge in [-0.2, -0.15) is 5.26 Å². The summed E-state index contributed by atoms with van der Waals surface area (Å²) in [5, 5.41) is 9.09. The number of benzene rings is 1. The Balaban J connectivity index is 2.20. The van der Waals surface area contributed by atoms with Crippen molar-refractivity contribution in [1.29, 1.82) is 5.26 Å². The zero-order valence-electron chi connectivity index (χ0n) is 13.0. The smallest absolute Gasteiger partial charge is 0.123 e. The van der Waals surface area contributed by atoms with Gasteiger partial charge in [-0.05, 0) is 50.0 Å². The fourth-order valence-corrected chi connectivity index (χ4v) is 3.43. The molecule has 114 valence electrons. The zero-order chi connectivity index (χ0) is 15.2. The van der Waals surface area contributed by atoms with Crippen molar-refractivity contribution in [3.05, 3.63) is 29.3 Å². The van der Waals surface area contributed by atoms with Crippen LogP contribution in [-0.2, 0) is 6.54 Å². The van der Waals surface area contributed by atoms with Gasteiger partial charge < -0.3 is 10.5 Å². The first kappa shape index (κ1) is 15.8. The van der Waals surface area contributed by atoms with E-state index in [1.807, 2.05) is 12.1 Å². The Hall–Kier alpha value is -1.57. The molecule has 0 saturated heterocycles. The minimum Gasteiger partial charge on any atom is -0.496 e. The van der Waals surface area contributed by atoms with Gasteiger partial charge in [0.25, 0.3) is 0 Å². The van der Waals surface area contributed by atoms with E-state index in [-0.39, 0.29) is 0 Å². The average molecular weight is 287 g/mol. The topological polar surface area (TPSA) is 62.3 Å². The van der Waals surface area contributed by atoms with Gasteiger partial charge in [-0.25, -0.2) is 0 Å². The zero-order valence-corrected chi connectivity index (χ0v) is 13.0. The Kier molecular flexibility index (Phi) is 5.60. The van der Waals surface area contributed by atoms with Crippen LogP contribution in [0.2, 0.25) is 0 Å². The Morgan fingerprint density at radius 2 is 2.24 bits per heavy atom. The summed E-state index contributed by atoms with van der Waals surface area (Å²) in [5.74, 6) is 1.45. The molecule has 0 heterocycles. The summed E-state index contributed by atoms with van der Waals surface area (Å²) >= 11 is 0. The second-order valence-corrected chi connectivity index (χ2v) is 5.70. The molecule has 2 atom stereocenters. The van der Waals surface area contributed by atoms with Crippen LogP contribution < -0.4 is 10.5 Å². The number of nitrogens with zero attached hydrogens (tertiary/aromatic N) is 2. The van der Waals surface area contributed by atoms with Crippen molar-refractivity contribution in [3.63, 3.8) is 0 Å². The fraction of sp³-hybridized carbons (Fsp3) is 0.588. The van der Waals surface area contributed by atoms with Crippen molar-refractivity contribution < 1.29 is 4.74 Å². The highest BCUT2D eigenvalue weighted by atomic mass is 16.5. The molecule has 0 aromatic heterocycles. The lowest BCUT2D eigenvalue weighted by molar-refractivity contribution is 0.160. The van der Waals surface area contributed by atoms with Crippen LogP contribution in [0.4, 0.5) is 0 Å². The monoisotopic (exact) mass is 287 g/mol. The van der Waals surface area contributed by atoms with Crippen LogP contribution in [-0.4, -0.2) is 31.1 Å². The normalized spacial score (nSPS) is 21.5. The van der Waals surface area contributed by atoms with Crippen molar-refractivity contribution in [1.82, 2.24) is 4.90 Å². The summed E-state index contributed by atoms with van der Waals surface area (Å²) in [6, 6.07) is 8.38. The highest BCUT2D eigenvalue weighted by Crippen LogP contribution is 2.31. The van der Waals surface area contributed by atoms with Crippen molar-refractivity contribution in [2.75, 3.05) is 20.2 Å². The molecule has 2 N–H and O–H groups in total. The molecule has 1 aliphatic carbocycles. The summed E-state index contributed by atoms with van der Waals surface area (Å²) in [5.41, 5.74) is 7.69. The summed E-state index contributed by atoms with van der Waals surface area (Å²) in [4.78, 5) is 2.48. The highest BCUT2D eigenvalue weighted by molar-refractivity contribution is 5.42. The maximum Gasteiger partial charge on any atom is 0.123 e. The van der Waals surface area contributed by atoms with Crippen LogP contribution in [0.15, 0.2) is 18.2 Å². The van der Waals surface area contributed by atoms with Crippen molar-refractivity contribution in [2.24, 2.45) is 11.7 Å². The van der Waals surface area contributed by atoms with Crippen molar-refractivity contribution in [2.45, 2.75) is 38.8 Å². The van der Waals surface area contributed by atoms with Gasteiger partial charge in [0.15, 0.2) is 0 Å². The first-order chi connectivity index (χ1) is 10.2. The van der Waals surface area contributed by atoms with Gasteiger partial charge in [-0.15, -0.1) is 0 Å². The predicted molar refractivity (Wildman–Crippen MR) is 84.0 cm³/mol.